The second kappa shape index (κ2) is 11.9. The van der Waals surface area contributed by atoms with E-state index in [-0.39, 0.29) is 0 Å². The normalized spacial score (nSPS) is 11.2. The largest absolute Gasteiger partial charge is 0.345 e. The Morgan fingerprint density at radius 2 is 0.870 bits per heavy atom. The van der Waals surface area contributed by atoms with Gasteiger partial charge in [0.2, 0.25) is 0 Å². The summed E-state index contributed by atoms with van der Waals surface area (Å²) in [6, 6.07) is 65.8. The summed E-state index contributed by atoms with van der Waals surface area (Å²) in [6.07, 6.45) is 0. The summed E-state index contributed by atoms with van der Waals surface area (Å²) in [5, 5.41) is 5.07. The second-order valence-corrected chi connectivity index (χ2v) is 11.9. The Kier molecular flexibility index (Phi) is 7.13. The maximum atomic E-state index is 2.32. The highest BCUT2D eigenvalue weighted by atomic mass is 15.1. The van der Waals surface area contributed by atoms with Crippen LogP contribution >= 0.6 is 0 Å². The molecule has 0 spiro atoms. The fourth-order valence-electron chi connectivity index (χ4n) is 6.55. The van der Waals surface area contributed by atoms with Crippen LogP contribution in [0.15, 0.2) is 182 Å². The van der Waals surface area contributed by atoms with Crippen LogP contribution in [0.25, 0.3) is 66.1 Å². The Labute approximate surface area is 270 Å². The van der Waals surface area contributed by atoms with Gasteiger partial charge in [0.1, 0.15) is 0 Å². The van der Waals surface area contributed by atoms with Crippen molar-refractivity contribution in [3.63, 3.8) is 0 Å². The predicted octanol–water partition coefficient (Wildman–Crippen LogP) is 12.4. The average molecular weight is 588 g/mol. The number of fused-ring (bicyclic) bond motifs is 2. The van der Waals surface area contributed by atoms with Crippen molar-refractivity contribution in [3.8, 4) is 44.5 Å². The zero-order chi connectivity index (χ0) is 30.9. The Morgan fingerprint density at radius 3 is 1.65 bits per heavy atom. The standard InChI is InChI=1S/C45H33N/c1-46(40-26-24-33(25-27-40)39-23-18-32-10-5-6-14-38(32)30-39)41-28-29-44(45(31-41)35-11-3-2-4-12-35)37-21-19-36(20-22-37)43-17-9-15-34-13-7-8-16-42(34)43/h2-31H,1H3. The van der Waals surface area contributed by atoms with Crippen LogP contribution in [0.4, 0.5) is 11.4 Å². The van der Waals surface area contributed by atoms with E-state index in [4.69, 9.17) is 0 Å². The summed E-state index contributed by atoms with van der Waals surface area (Å²) in [4.78, 5) is 2.27. The van der Waals surface area contributed by atoms with Gasteiger partial charge in [0.25, 0.3) is 0 Å². The van der Waals surface area contributed by atoms with E-state index < -0.39 is 0 Å². The average Bonchev–Trinajstić information content (AvgIpc) is 3.14. The molecule has 46 heavy (non-hydrogen) atoms. The van der Waals surface area contributed by atoms with Gasteiger partial charge in [-0.15, -0.1) is 0 Å². The zero-order valence-electron chi connectivity index (χ0n) is 25.8. The number of hydrogen-bond acceptors (Lipinski definition) is 1. The van der Waals surface area contributed by atoms with E-state index in [0.29, 0.717) is 0 Å². The van der Waals surface area contributed by atoms with E-state index >= 15 is 0 Å². The molecule has 0 bridgehead atoms. The molecular formula is C45H33N. The second-order valence-electron chi connectivity index (χ2n) is 11.9. The van der Waals surface area contributed by atoms with Crippen LogP contribution in [0.1, 0.15) is 0 Å². The van der Waals surface area contributed by atoms with E-state index in [2.05, 4.69) is 194 Å². The third-order valence-electron chi connectivity index (χ3n) is 9.11. The van der Waals surface area contributed by atoms with Crippen LogP contribution in [0, 0.1) is 0 Å². The molecular weight excluding hydrogens is 555 g/mol. The minimum atomic E-state index is 1.15. The molecule has 0 atom stereocenters. The van der Waals surface area contributed by atoms with Crippen molar-refractivity contribution < 1.29 is 0 Å². The number of nitrogens with zero attached hydrogens (tertiary/aromatic N) is 1. The number of hydrogen-bond donors (Lipinski definition) is 0. The summed E-state index contributed by atoms with van der Waals surface area (Å²) < 4.78 is 0. The van der Waals surface area contributed by atoms with E-state index in [1.54, 1.807) is 0 Å². The van der Waals surface area contributed by atoms with Crippen LogP contribution in [0.5, 0.6) is 0 Å². The number of rotatable bonds is 6. The van der Waals surface area contributed by atoms with Crippen LogP contribution in [0.2, 0.25) is 0 Å². The van der Waals surface area contributed by atoms with Crippen LogP contribution in [-0.4, -0.2) is 7.05 Å². The van der Waals surface area contributed by atoms with Gasteiger partial charge >= 0.3 is 0 Å². The fourth-order valence-corrected chi connectivity index (χ4v) is 6.55. The van der Waals surface area contributed by atoms with Crippen molar-refractivity contribution in [1.29, 1.82) is 0 Å². The number of benzene rings is 8. The maximum Gasteiger partial charge on any atom is 0.0414 e. The monoisotopic (exact) mass is 587 g/mol. The SMILES string of the molecule is CN(c1ccc(-c2ccc3ccccc3c2)cc1)c1ccc(-c2ccc(-c3cccc4ccccc34)cc2)c(-c2ccccc2)c1. The molecule has 0 aliphatic rings. The lowest BCUT2D eigenvalue weighted by molar-refractivity contribution is 1.21. The molecule has 0 fully saturated rings. The summed E-state index contributed by atoms with van der Waals surface area (Å²) in [5.41, 5.74) is 12.1. The summed E-state index contributed by atoms with van der Waals surface area (Å²) >= 11 is 0. The van der Waals surface area contributed by atoms with Crippen molar-refractivity contribution in [3.05, 3.63) is 182 Å². The Bertz CT molecular complexity index is 2290. The van der Waals surface area contributed by atoms with Gasteiger partial charge in [0.15, 0.2) is 0 Å². The van der Waals surface area contributed by atoms with Gasteiger partial charge in [-0.1, -0.05) is 152 Å². The molecule has 0 aliphatic carbocycles. The molecule has 0 unspecified atom stereocenters. The van der Waals surface area contributed by atoms with Gasteiger partial charge in [-0.05, 0) is 96.4 Å². The summed E-state index contributed by atoms with van der Waals surface area (Å²) in [7, 11) is 2.15. The van der Waals surface area contributed by atoms with Gasteiger partial charge in [0, 0.05) is 18.4 Å². The molecule has 8 aromatic rings. The molecule has 0 heterocycles. The minimum Gasteiger partial charge on any atom is -0.345 e. The van der Waals surface area contributed by atoms with E-state index in [9.17, 15) is 0 Å². The smallest absolute Gasteiger partial charge is 0.0414 e. The lowest BCUT2D eigenvalue weighted by Crippen LogP contribution is -2.09. The topological polar surface area (TPSA) is 3.24 Å². The first-order valence-corrected chi connectivity index (χ1v) is 15.8. The van der Waals surface area contributed by atoms with Gasteiger partial charge in [-0.25, -0.2) is 0 Å². The van der Waals surface area contributed by atoms with E-state index in [0.717, 1.165) is 11.4 Å². The highest BCUT2D eigenvalue weighted by molar-refractivity contribution is 5.97. The number of anilines is 2. The Morgan fingerprint density at radius 1 is 0.304 bits per heavy atom. The minimum absolute atomic E-state index is 1.15. The first-order valence-electron chi connectivity index (χ1n) is 15.8. The fraction of sp³-hybridized carbons (Fsp3) is 0.0222. The van der Waals surface area contributed by atoms with Crippen LogP contribution in [0.3, 0.4) is 0 Å². The van der Waals surface area contributed by atoms with Crippen molar-refractivity contribution in [1.82, 2.24) is 0 Å². The lowest BCUT2D eigenvalue weighted by Gasteiger charge is -2.22. The van der Waals surface area contributed by atoms with E-state index in [1.165, 1.54) is 66.1 Å². The molecule has 0 saturated carbocycles. The first kappa shape index (κ1) is 27.6. The molecule has 1 heteroatoms. The molecule has 0 aromatic heterocycles. The van der Waals surface area contributed by atoms with Gasteiger partial charge < -0.3 is 4.90 Å². The molecule has 1 nitrogen and oxygen atoms in total. The molecule has 0 saturated heterocycles. The molecule has 0 radical (unpaired) electrons. The highest BCUT2D eigenvalue weighted by Crippen LogP contribution is 2.38. The van der Waals surface area contributed by atoms with Gasteiger partial charge in [-0.2, -0.15) is 0 Å². The van der Waals surface area contributed by atoms with Crippen molar-refractivity contribution in [2.24, 2.45) is 0 Å². The van der Waals surface area contributed by atoms with Crippen molar-refractivity contribution in [2.45, 2.75) is 0 Å². The van der Waals surface area contributed by atoms with Crippen molar-refractivity contribution in [2.75, 3.05) is 11.9 Å². The zero-order valence-corrected chi connectivity index (χ0v) is 25.8. The maximum absolute atomic E-state index is 2.32. The van der Waals surface area contributed by atoms with Crippen LogP contribution in [-0.2, 0) is 0 Å². The molecule has 218 valence electrons. The van der Waals surface area contributed by atoms with Gasteiger partial charge in [-0.3, -0.25) is 0 Å². The molecule has 0 amide bonds. The Hall–Kier alpha value is -5.92. The highest BCUT2D eigenvalue weighted by Gasteiger charge is 2.13. The summed E-state index contributed by atoms with van der Waals surface area (Å²) in [6.45, 7) is 0. The molecule has 8 aromatic carbocycles. The van der Waals surface area contributed by atoms with Crippen molar-refractivity contribution >= 4 is 32.9 Å². The Balaban J connectivity index is 1.12. The molecule has 0 N–H and O–H groups in total. The molecule has 0 aliphatic heterocycles. The third-order valence-corrected chi connectivity index (χ3v) is 9.11. The lowest BCUT2D eigenvalue weighted by atomic mass is 9.92. The third kappa shape index (κ3) is 5.23. The quantitative estimate of drug-likeness (QED) is 0.187. The summed E-state index contributed by atoms with van der Waals surface area (Å²) in [5.74, 6) is 0. The first-order chi connectivity index (χ1) is 22.7. The van der Waals surface area contributed by atoms with E-state index in [1.807, 2.05) is 0 Å². The molecule has 8 rings (SSSR count). The van der Waals surface area contributed by atoms with Gasteiger partial charge in [0.05, 0.1) is 0 Å². The predicted molar refractivity (Wildman–Crippen MR) is 198 cm³/mol. The van der Waals surface area contributed by atoms with Crippen LogP contribution < -0.4 is 4.90 Å².